The van der Waals surface area contributed by atoms with Crippen molar-refractivity contribution in [3.05, 3.63) is 36.0 Å². The number of rotatable bonds is 4. The van der Waals surface area contributed by atoms with E-state index in [0.717, 1.165) is 6.07 Å². The zero-order valence-electron chi connectivity index (χ0n) is 11.9. The van der Waals surface area contributed by atoms with Crippen LogP contribution in [-0.2, 0) is 0 Å². The van der Waals surface area contributed by atoms with Crippen LogP contribution >= 0.6 is 0 Å². The van der Waals surface area contributed by atoms with E-state index >= 15 is 0 Å². The van der Waals surface area contributed by atoms with Crippen LogP contribution in [0.2, 0.25) is 0 Å². The average molecular weight is 313 g/mol. The third-order valence-electron chi connectivity index (χ3n) is 2.93. The molecular weight excluding hydrogens is 299 g/mol. The summed E-state index contributed by atoms with van der Waals surface area (Å²) in [5.41, 5.74) is 5.79. The van der Waals surface area contributed by atoms with Crippen molar-refractivity contribution in [2.45, 2.75) is 26.3 Å². The second-order valence-corrected chi connectivity index (χ2v) is 4.88. The average Bonchev–Trinajstić information content (AvgIpc) is 2.85. The first-order valence-electron chi connectivity index (χ1n) is 6.42. The number of alkyl halides is 3. The maximum atomic E-state index is 12.5. The van der Waals surface area contributed by atoms with Gasteiger partial charge >= 0.3 is 6.36 Å². The van der Waals surface area contributed by atoms with Crippen molar-refractivity contribution in [3.8, 4) is 17.0 Å². The van der Waals surface area contributed by atoms with Crippen LogP contribution in [0, 0.1) is 0 Å². The molecule has 1 heterocycles. The second kappa shape index (κ2) is 5.70. The monoisotopic (exact) mass is 313 g/mol. The van der Waals surface area contributed by atoms with Crippen molar-refractivity contribution >= 4 is 5.91 Å². The molecule has 0 aliphatic carbocycles. The van der Waals surface area contributed by atoms with Gasteiger partial charge in [-0.05, 0) is 32.0 Å². The lowest BCUT2D eigenvalue weighted by molar-refractivity contribution is -0.274. The van der Waals surface area contributed by atoms with Crippen LogP contribution in [0.1, 0.15) is 30.2 Å². The normalized spacial score (nSPS) is 11.7. The van der Waals surface area contributed by atoms with E-state index in [1.807, 2.05) is 13.8 Å². The Kier molecular flexibility index (Phi) is 4.11. The molecule has 0 spiro atoms. The molecule has 0 atom stereocenters. The van der Waals surface area contributed by atoms with E-state index < -0.39 is 18.0 Å². The number of benzene rings is 1. The summed E-state index contributed by atoms with van der Waals surface area (Å²) in [4.78, 5) is 11.2. The van der Waals surface area contributed by atoms with Gasteiger partial charge in [0.05, 0.1) is 11.3 Å². The number of halogens is 3. The van der Waals surface area contributed by atoms with Gasteiger partial charge in [0.25, 0.3) is 5.91 Å². The van der Waals surface area contributed by atoms with E-state index in [0.29, 0.717) is 11.3 Å². The zero-order chi connectivity index (χ0) is 16.5. The molecule has 118 valence electrons. The Hall–Kier alpha value is -2.51. The maximum absolute atomic E-state index is 12.5. The first kappa shape index (κ1) is 15.9. The molecule has 8 heteroatoms. The molecule has 1 aromatic heterocycles. The fourth-order valence-electron chi connectivity index (χ4n) is 2.05. The highest BCUT2D eigenvalue weighted by Crippen LogP contribution is 2.32. The lowest BCUT2D eigenvalue weighted by atomic mass is 10.1. The van der Waals surface area contributed by atoms with E-state index in [1.165, 1.54) is 12.1 Å². The van der Waals surface area contributed by atoms with E-state index in [2.05, 4.69) is 9.84 Å². The fourth-order valence-corrected chi connectivity index (χ4v) is 2.05. The fraction of sp³-hybridized carbons (Fsp3) is 0.286. The molecular formula is C14H14F3N3O2. The van der Waals surface area contributed by atoms with E-state index in [4.69, 9.17) is 5.73 Å². The summed E-state index contributed by atoms with van der Waals surface area (Å²) in [5, 5.41) is 4.12. The van der Waals surface area contributed by atoms with Crippen molar-refractivity contribution in [1.29, 1.82) is 0 Å². The molecule has 2 N–H and O–H groups in total. The first-order valence-corrected chi connectivity index (χ1v) is 6.42. The van der Waals surface area contributed by atoms with Gasteiger partial charge in [0, 0.05) is 17.8 Å². The number of nitrogens with two attached hydrogens (primary N) is 1. The van der Waals surface area contributed by atoms with E-state index in [-0.39, 0.29) is 11.6 Å². The highest BCUT2D eigenvalue weighted by atomic mass is 19.4. The Balaban J connectivity index is 2.53. The molecule has 2 rings (SSSR count). The molecule has 0 bridgehead atoms. The van der Waals surface area contributed by atoms with Gasteiger partial charge in [-0.15, -0.1) is 13.2 Å². The molecule has 0 radical (unpaired) electrons. The number of hydrogen-bond acceptors (Lipinski definition) is 3. The Morgan fingerprint density at radius 2 is 2.00 bits per heavy atom. The predicted molar refractivity (Wildman–Crippen MR) is 73.2 cm³/mol. The minimum atomic E-state index is -4.92. The van der Waals surface area contributed by atoms with E-state index in [1.54, 1.807) is 16.9 Å². The molecule has 0 aliphatic heterocycles. The van der Waals surface area contributed by atoms with E-state index in [9.17, 15) is 18.0 Å². The summed E-state index contributed by atoms with van der Waals surface area (Å²) in [6.45, 7) is 3.78. The maximum Gasteiger partial charge on any atom is 0.573 e. The van der Waals surface area contributed by atoms with Crippen LogP contribution in [0.15, 0.2) is 30.5 Å². The number of aromatic nitrogens is 2. The van der Waals surface area contributed by atoms with Crippen molar-refractivity contribution in [2.75, 3.05) is 0 Å². The smallest absolute Gasteiger partial charge is 0.405 e. The SMILES string of the molecule is CC(C)n1nccc1-c1ccc(C(N)=O)c(OC(F)(F)F)c1. The van der Waals surface area contributed by atoms with Crippen LogP contribution in [0.3, 0.4) is 0 Å². The number of ether oxygens (including phenoxy) is 1. The standard InChI is InChI=1S/C14H14F3N3O2/c1-8(2)20-11(5-6-19-20)9-3-4-10(13(18)21)12(7-9)22-14(15,16)17/h3-8H,1-2H3,(H2,18,21). The van der Waals surface area contributed by atoms with Crippen LogP contribution in [0.25, 0.3) is 11.3 Å². The Labute approximate surface area is 124 Å². The summed E-state index contributed by atoms with van der Waals surface area (Å²) >= 11 is 0. The molecule has 2 aromatic rings. The lowest BCUT2D eigenvalue weighted by Gasteiger charge is -2.15. The van der Waals surface area contributed by atoms with Gasteiger partial charge in [-0.2, -0.15) is 5.10 Å². The Morgan fingerprint density at radius 3 is 2.55 bits per heavy atom. The summed E-state index contributed by atoms with van der Waals surface area (Å²) in [6, 6.07) is 5.52. The molecule has 0 saturated heterocycles. The van der Waals surface area contributed by atoms with Crippen molar-refractivity contribution in [2.24, 2.45) is 5.73 Å². The number of nitrogens with zero attached hydrogens (tertiary/aromatic N) is 2. The number of amides is 1. The zero-order valence-corrected chi connectivity index (χ0v) is 11.9. The van der Waals surface area contributed by atoms with Gasteiger partial charge in [0.15, 0.2) is 0 Å². The van der Waals surface area contributed by atoms with Crippen LogP contribution in [0.4, 0.5) is 13.2 Å². The highest BCUT2D eigenvalue weighted by Gasteiger charge is 2.33. The van der Waals surface area contributed by atoms with Crippen LogP contribution in [0.5, 0.6) is 5.75 Å². The molecule has 0 aliphatic rings. The van der Waals surface area contributed by atoms with Crippen molar-refractivity contribution in [3.63, 3.8) is 0 Å². The minimum Gasteiger partial charge on any atom is -0.405 e. The molecule has 5 nitrogen and oxygen atoms in total. The van der Waals surface area contributed by atoms with Crippen LogP contribution in [-0.4, -0.2) is 22.1 Å². The number of hydrogen-bond donors (Lipinski definition) is 1. The lowest BCUT2D eigenvalue weighted by Crippen LogP contribution is -2.21. The van der Waals surface area contributed by atoms with Gasteiger partial charge in [0.1, 0.15) is 5.75 Å². The quantitative estimate of drug-likeness (QED) is 0.942. The third-order valence-corrected chi connectivity index (χ3v) is 2.93. The summed E-state index contributed by atoms with van der Waals surface area (Å²) < 4.78 is 43.0. The number of carbonyl (C=O) groups excluding carboxylic acids is 1. The molecule has 0 saturated carbocycles. The molecule has 0 unspecified atom stereocenters. The van der Waals surface area contributed by atoms with Crippen molar-refractivity contribution < 1.29 is 22.7 Å². The second-order valence-electron chi connectivity index (χ2n) is 4.88. The van der Waals surface area contributed by atoms with Crippen molar-refractivity contribution in [1.82, 2.24) is 9.78 Å². The largest absolute Gasteiger partial charge is 0.573 e. The van der Waals surface area contributed by atoms with Gasteiger partial charge in [-0.25, -0.2) is 0 Å². The molecule has 22 heavy (non-hydrogen) atoms. The highest BCUT2D eigenvalue weighted by molar-refractivity contribution is 5.96. The summed E-state index contributed by atoms with van der Waals surface area (Å²) in [6.07, 6.45) is -3.37. The van der Waals surface area contributed by atoms with Gasteiger partial charge in [-0.3, -0.25) is 9.48 Å². The van der Waals surface area contributed by atoms with Gasteiger partial charge in [-0.1, -0.05) is 6.07 Å². The third kappa shape index (κ3) is 3.38. The number of carbonyl (C=O) groups is 1. The van der Waals surface area contributed by atoms with Gasteiger partial charge in [0.2, 0.25) is 0 Å². The minimum absolute atomic E-state index is 0.0211. The summed E-state index contributed by atoms with van der Waals surface area (Å²) in [5.74, 6) is -1.63. The predicted octanol–water partition coefficient (Wildman–Crippen LogP) is 3.13. The Morgan fingerprint density at radius 1 is 1.32 bits per heavy atom. The first-order chi connectivity index (χ1) is 10.2. The summed E-state index contributed by atoms with van der Waals surface area (Å²) in [7, 11) is 0. The molecule has 1 amide bonds. The topological polar surface area (TPSA) is 70.1 Å². The Bertz CT molecular complexity index is 693. The van der Waals surface area contributed by atoms with Crippen LogP contribution < -0.4 is 10.5 Å². The number of primary amides is 1. The molecule has 0 fully saturated rings. The molecule has 1 aromatic carbocycles. The van der Waals surface area contributed by atoms with Gasteiger partial charge < -0.3 is 10.5 Å².